The Morgan fingerprint density at radius 1 is 1.19 bits per heavy atom. The molecular weight excluding hydrogens is 382 g/mol. The number of para-hydroxylation sites is 1. The van der Waals surface area contributed by atoms with Crippen LogP contribution in [0.15, 0.2) is 47.4 Å². The van der Waals surface area contributed by atoms with Crippen molar-refractivity contribution in [2.75, 3.05) is 11.1 Å². The number of nitrogens with one attached hydrogen (secondary N) is 1. The van der Waals surface area contributed by atoms with Crippen LogP contribution in [0.4, 0.5) is 20.2 Å². The SMILES string of the molecule is C[C@@H](OC(=O)CSc1ccc([N+](=O)[O-])cc1)C(=O)Nc1c(F)cccc1F. The number of ether oxygens (including phenoxy) is 1. The lowest BCUT2D eigenvalue weighted by Crippen LogP contribution is -2.31. The van der Waals surface area contributed by atoms with E-state index in [0.717, 1.165) is 30.0 Å². The van der Waals surface area contributed by atoms with E-state index in [0.29, 0.717) is 4.90 Å². The van der Waals surface area contributed by atoms with Crippen LogP contribution in [0.3, 0.4) is 0 Å². The number of non-ortho nitro benzene ring substituents is 1. The molecule has 0 saturated carbocycles. The highest BCUT2D eigenvalue weighted by Gasteiger charge is 2.21. The smallest absolute Gasteiger partial charge is 0.317 e. The number of carbonyl (C=O) groups excluding carboxylic acids is 2. The number of carbonyl (C=O) groups is 2. The summed E-state index contributed by atoms with van der Waals surface area (Å²) in [5, 5.41) is 12.6. The minimum atomic E-state index is -1.27. The first-order valence-corrected chi connectivity index (χ1v) is 8.58. The molecule has 142 valence electrons. The zero-order valence-corrected chi connectivity index (χ0v) is 14.8. The van der Waals surface area contributed by atoms with Crippen molar-refractivity contribution >= 4 is 35.0 Å². The van der Waals surface area contributed by atoms with Crippen molar-refractivity contribution in [3.05, 3.63) is 64.2 Å². The lowest BCUT2D eigenvalue weighted by Gasteiger charge is -2.14. The second kappa shape index (κ2) is 9.08. The van der Waals surface area contributed by atoms with Crippen molar-refractivity contribution in [3.8, 4) is 0 Å². The van der Waals surface area contributed by atoms with Gasteiger partial charge < -0.3 is 10.1 Å². The molecule has 2 aromatic carbocycles. The van der Waals surface area contributed by atoms with Crippen LogP contribution < -0.4 is 5.32 Å². The first-order chi connectivity index (χ1) is 12.8. The zero-order chi connectivity index (χ0) is 20.0. The first-order valence-electron chi connectivity index (χ1n) is 7.59. The molecule has 1 N–H and O–H groups in total. The van der Waals surface area contributed by atoms with Gasteiger partial charge in [-0.3, -0.25) is 19.7 Å². The fourth-order valence-corrected chi connectivity index (χ4v) is 2.61. The van der Waals surface area contributed by atoms with E-state index >= 15 is 0 Å². The summed E-state index contributed by atoms with van der Waals surface area (Å²) in [7, 11) is 0. The number of thioether (sulfide) groups is 1. The van der Waals surface area contributed by atoms with Gasteiger partial charge in [-0.25, -0.2) is 8.78 Å². The van der Waals surface area contributed by atoms with Crippen LogP contribution in [0, 0.1) is 21.7 Å². The van der Waals surface area contributed by atoms with Gasteiger partial charge in [0, 0.05) is 17.0 Å². The summed E-state index contributed by atoms with van der Waals surface area (Å²) in [4.78, 5) is 34.4. The van der Waals surface area contributed by atoms with Crippen molar-refractivity contribution in [2.24, 2.45) is 0 Å². The maximum Gasteiger partial charge on any atom is 0.317 e. The first kappa shape index (κ1) is 20.3. The number of nitro benzene ring substituents is 1. The summed E-state index contributed by atoms with van der Waals surface area (Å²) >= 11 is 1.06. The molecule has 0 fully saturated rings. The average molecular weight is 396 g/mol. The number of nitrogens with zero attached hydrogens (tertiary/aromatic N) is 1. The molecule has 0 heterocycles. The van der Waals surface area contributed by atoms with Crippen LogP contribution in [-0.2, 0) is 14.3 Å². The highest BCUT2D eigenvalue weighted by molar-refractivity contribution is 8.00. The quantitative estimate of drug-likeness (QED) is 0.333. The standard InChI is InChI=1S/C17H14F2N2O5S/c1-10(17(23)20-16-13(18)3-2-4-14(16)19)26-15(22)9-27-12-7-5-11(6-8-12)21(24)25/h2-8,10H,9H2,1H3,(H,20,23)/t10-/m1/s1. The molecule has 0 aliphatic heterocycles. The van der Waals surface area contributed by atoms with E-state index < -0.39 is 40.2 Å². The molecule has 1 amide bonds. The predicted molar refractivity (Wildman–Crippen MR) is 94.4 cm³/mol. The Bertz CT molecular complexity index is 841. The molecule has 1 atom stereocenters. The third-order valence-corrected chi connectivity index (χ3v) is 4.28. The van der Waals surface area contributed by atoms with Gasteiger partial charge in [-0.1, -0.05) is 6.07 Å². The minimum absolute atomic E-state index is 0.0763. The second-order valence-corrected chi connectivity index (χ2v) is 6.31. The van der Waals surface area contributed by atoms with E-state index in [1.54, 1.807) is 0 Å². The summed E-state index contributed by atoms with van der Waals surface area (Å²) in [5.74, 6) is -3.65. The Morgan fingerprint density at radius 3 is 2.33 bits per heavy atom. The van der Waals surface area contributed by atoms with Gasteiger partial charge in [-0.15, -0.1) is 11.8 Å². The summed E-state index contributed by atoms with van der Waals surface area (Å²) in [6.45, 7) is 1.27. The van der Waals surface area contributed by atoms with E-state index in [4.69, 9.17) is 4.74 Å². The Balaban J connectivity index is 1.85. The van der Waals surface area contributed by atoms with Crippen molar-refractivity contribution in [1.29, 1.82) is 0 Å². The molecule has 27 heavy (non-hydrogen) atoms. The van der Waals surface area contributed by atoms with Gasteiger partial charge in [-0.05, 0) is 31.2 Å². The topological polar surface area (TPSA) is 98.5 Å². The van der Waals surface area contributed by atoms with Crippen LogP contribution in [-0.4, -0.2) is 28.7 Å². The molecule has 0 radical (unpaired) electrons. The molecule has 2 aromatic rings. The molecule has 0 aromatic heterocycles. The van der Waals surface area contributed by atoms with E-state index in [2.05, 4.69) is 0 Å². The lowest BCUT2D eigenvalue weighted by atomic mass is 10.2. The van der Waals surface area contributed by atoms with E-state index in [-0.39, 0.29) is 11.4 Å². The maximum absolute atomic E-state index is 13.5. The highest BCUT2D eigenvalue weighted by atomic mass is 32.2. The number of anilines is 1. The number of halogens is 2. The Labute approximate surface area is 156 Å². The summed E-state index contributed by atoms with van der Waals surface area (Å²) in [6, 6.07) is 8.67. The van der Waals surface area contributed by atoms with Crippen LogP contribution in [0.5, 0.6) is 0 Å². The largest absolute Gasteiger partial charge is 0.452 e. The predicted octanol–water partition coefficient (Wildman–Crippen LogP) is 3.54. The summed E-state index contributed by atoms with van der Waals surface area (Å²) < 4.78 is 32.0. The number of nitro groups is 1. The molecule has 0 saturated heterocycles. The number of amides is 1. The Hall–Kier alpha value is -3.01. The van der Waals surface area contributed by atoms with Gasteiger partial charge in [0.05, 0.1) is 10.7 Å². The van der Waals surface area contributed by atoms with Crippen molar-refractivity contribution < 1.29 is 28.0 Å². The highest BCUT2D eigenvalue weighted by Crippen LogP contribution is 2.22. The maximum atomic E-state index is 13.5. The molecule has 7 nitrogen and oxygen atoms in total. The van der Waals surface area contributed by atoms with Crippen molar-refractivity contribution in [3.63, 3.8) is 0 Å². The zero-order valence-electron chi connectivity index (χ0n) is 14.0. The monoisotopic (exact) mass is 396 g/mol. The third-order valence-electron chi connectivity index (χ3n) is 3.29. The molecule has 0 unspecified atom stereocenters. The van der Waals surface area contributed by atoms with Crippen LogP contribution in [0.2, 0.25) is 0 Å². The molecule has 10 heteroatoms. The van der Waals surface area contributed by atoms with Gasteiger partial charge in [0.1, 0.15) is 17.3 Å². The van der Waals surface area contributed by atoms with Crippen molar-refractivity contribution in [2.45, 2.75) is 17.9 Å². The summed E-state index contributed by atoms with van der Waals surface area (Å²) in [6.07, 6.45) is -1.27. The third kappa shape index (κ3) is 5.74. The molecule has 0 aliphatic carbocycles. The van der Waals surface area contributed by atoms with Crippen LogP contribution in [0.25, 0.3) is 0 Å². The molecule has 0 aliphatic rings. The number of hydrogen-bond acceptors (Lipinski definition) is 6. The van der Waals surface area contributed by atoms with Gasteiger partial charge >= 0.3 is 5.97 Å². The minimum Gasteiger partial charge on any atom is -0.452 e. The lowest BCUT2D eigenvalue weighted by molar-refractivity contribution is -0.384. The van der Waals surface area contributed by atoms with Crippen LogP contribution in [0.1, 0.15) is 6.92 Å². The Kier molecular flexibility index (Phi) is 6.83. The average Bonchev–Trinajstić information content (AvgIpc) is 2.63. The molecular formula is C17H14F2N2O5S. The van der Waals surface area contributed by atoms with Crippen LogP contribution >= 0.6 is 11.8 Å². The molecule has 0 bridgehead atoms. The van der Waals surface area contributed by atoms with Gasteiger partial charge in [-0.2, -0.15) is 0 Å². The Morgan fingerprint density at radius 2 is 1.78 bits per heavy atom. The molecule has 2 rings (SSSR count). The normalized spacial score (nSPS) is 11.5. The molecule has 0 spiro atoms. The number of hydrogen-bond donors (Lipinski definition) is 1. The van der Waals surface area contributed by atoms with Gasteiger partial charge in [0.25, 0.3) is 11.6 Å². The second-order valence-electron chi connectivity index (χ2n) is 5.26. The van der Waals surface area contributed by atoms with Crippen molar-refractivity contribution in [1.82, 2.24) is 0 Å². The van der Waals surface area contributed by atoms with Gasteiger partial charge in [0.2, 0.25) is 0 Å². The van der Waals surface area contributed by atoms with E-state index in [1.165, 1.54) is 31.2 Å². The van der Waals surface area contributed by atoms with Gasteiger partial charge in [0.15, 0.2) is 6.10 Å². The fourth-order valence-electron chi connectivity index (χ4n) is 1.93. The fraction of sp³-hybridized carbons (Fsp3) is 0.176. The number of benzene rings is 2. The van der Waals surface area contributed by atoms with E-state index in [9.17, 15) is 28.5 Å². The summed E-state index contributed by atoms with van der Waals surface area (Å²) in [5.41, 5.74) is -0.696. The number of esters is 1. The number of rotatable bonds is 7. The van der Waals surface area contributed by atoms with E-state index in [1.807, 2.05) is 5.32 Å².